The molecule has 1 heterocycles. The van der Waals surface area contributed by atoms with Crippen molar-refractivity contribution >= 4 is 0 Å². The highest BCUT2D eigenvalue weighted by molar-refractivity contribution is 5.70. The summed E-state index contributed by atoms with van der Waals surface area (Å²) in [5.74, 6) is -0.296. The molecule has 4 aromatic carbocycles. The van der Waals surface area contributed by atoms with Gasteiger partial charge in [-0.25, -0.2) is 23.7 Å². The van der Waals surface area contributed by atoms with Gasteiger partial charge in [0, 0.05) is 11.1 Å². The molecule has 1 aromatic heterocycles. The van der Waals surface area contributed by atoms with E-state index in [2.05, 4.69) is 15.0 Å². The molecular weight excluding hydrogens is 404 g/mol. The number of halogens is 2. The van der Waals surface area contributed by atoms with Crippen molar-refractivity contribution in [1.82, 2.24) is 15.0 Å². The summed E-state index contributed by atoms with van der Waals surface area (Å²) >= 11 is 0. The minimum absolute atomic E-state index is 0.00765. The SMILES string of the molecule is Fc1ccc(F)c(-c2nc(-c3ccccc3)nc(-c3ccc(-c4ccccc4)cc3)n2)c1. The second-order valence-corrected chi connectivity index (χ2v) is 7.24. The lowest BCUT2D eigenvalue weighted by molar-refractivity contribution is 0.602. The van der Waals surface area contributed by atoms with Crippen molar-refractivity contribution in [3.8, 4) is 45.3 Å². The van der Waals surface area contributed by atoms with E-state index in [0.29, 0.717) is 11.6 Å². The van der Waals surface area contributed by atoms with Crippen LogP contribution in [0.4, 0.5) is 8.78 Å². The molecule has 0 amide bonds. The summed E-state index contributed by atoms with van der Waals surface area (Å²) in [6.45, 7) is 0. The molecular formula is C27H17F2N3. The fraction of sp³-hybridized carbons (Fsp3) is 0. The van der Waals surface area contributed by atoms with Crippen LogP contribution in [0.25, 0.3) is 45.3 Å². The Hall–Kier alpha value is -4.25. The van der Waals surface area contributed by atoms with E-state index in [9.17, 15) is 8.78 Å². The van der Waals surface area contributed by atoms with E-state index in [-0.39, 0.29) is 11.4 Å². The highest BCUT2D eigenvalue weighted by atomic mass is 19.1. The average molecular weight is 421 g/mol. The van der Waals surface area contributed by atoms with Crippen molar-refractivity contribution in [2.24, 2.45) is 0 Å². The molecule has 0 unspecified atom stereocenters. The summed E-state index contributed by atoms with van der Waals surface area (Å²) in [7, 11) is 0. The minimum atomic E-state index is -0.595. The molecule has 0 aliphatic rings. The molecule has 0 saturated heterocycles. The van der Waals surface area contributed by atoms with Gasteiger partial charge in [-0.1, -0.05) is 84.9 Å². The molecule has 0 N–H and O–H groups in total. The zero-order valence-electron chi connectivity index (χ0n) is 16.9. The maximum Gasteiger partial charge on any atom is 0.167 e. The molecule has 5 aromatic rings. The minimum Gasteiger partial charge on any atom is -0.208 e. The largest absolute Gasteiger partial charge is 0.208 e. The third-order valence-corrected chi connectivity index (χ3v) is 5.09. The molecule has 5 heteroatoms. The number of aromatic nitrogens is 3. The molecule has 0 atom stereocenters. The molecule has 154 valence electrons. The molecule has 0 saturated carbocycles. The summed E-state index contributed by atoms with van der Waals surface area (Å²) in [5, 5.41) is 0. The van der Waals surface area contributed by atoms with E-state index in [4.69, 9.17) is 0 Å². The maximum atomic E-state index is 14.5. The van der Waals surface area contributed by atoms with E-state index in [1.807, 2.05) is 84.9 Å². The Labute approximate surface area is 184 Å². The second kappa shape index (κ2) is 8.47. The summed E-state index contributed by atoms with van der Waals surface area (Å²) in [6.07, 6.45) is 0. The van der Waals surface area contributed by atoms with Gasteiger partial charge in [-0.15, -0.1) is 0 Å². The van der Waals surface area contributed by atoms with Crippen LogP contribution in [0.2, 0.25) is 0 Å². The fourth-order valence-electron chi connectivity index (χ4n) is 3.45. The lowest BCUT2D eigenvalue weighted by atomic mass is 10.0. The van der Waals surface area contributed by atoms with Crippen LogP contribution in [0.3, 0.4) is 0 Å². The van der Waals surface area contributed by atoms with E-state index < -0.39 is 11.6 Å². The van der Waals surface area contributed by atoms with Crippen LogP contribution in [0.5, 0.6) is 0 Å². The smallest absolute Gasteiger partial charge is 0.167 e. The third kappa shape index (κ3) is 4.01. The van der Waals surface area contributed by atoms with Gasteiger partial charge in [0.1, 0.15) is 11.6 Å². The van der Waals surface area contributed by atoms with E-state index in [1.54, 1.807) is 0 Å². The average Bonchev–Trinajstić information content (AvgIpc) is 2.86. The summed E-state index contributed by atoms with van der Waals surface area (Å²) in [5.41, 5.74) is 3.66. The number of rotatable bonds is 4. The molecule has 0 aliphatic heterocycles. The van der Waals surface area contributed by atoms with Gasteiger partial charge in [-0.2, -0.15) is 0 Å². The van der Waals surface area contributed by atoms with Gasteiger partial charge in [-0.05, 0) is 29.3 Å². The standard InChI is InChI=1S/C27H17F2N3/c28-22-15-16-24(29)23(17-22)27-31-25(20-9-5-2-6-10-20)30-26(32-27)21-13-11-19(12-14-21)18-7-3-1-4-8-18/h1-17H. The highest BCUT2D eigenvalue weighted by Gasteiger charge is 2.15. The van der Waals surface area contributed by atoms with E-state index in [0.717, 1.165) is 40.5 Å². The molecule has 0 radical (unpaired) electrons. The zero-order valence-corrected chi connectivity index (χ0v) is 16.9. The molecule has 0 aliphatic carbocycles. The second-order valence-electron chi connectivity index (χ2n) is 7.24. The summed E-state index contributed by atoms with van der Waals surface area (Å²) < 4.78 is 28.3. The lowest BCUT2D eigenvalue weighted by Gasteiger charge is -2.09. The van der Waals surface area contributed by atoms with Crippen LogP contribution in [-0.4, -0.2) is 15.0 Å². The molecule has 5 rings (SSSR count). The van der Waals surface area contributed by atoms with Crippen LogP contribution < -0.4 is 0 Å². The van der Waals surface area contributed by atoms with Gasteiger partial charge in [0.05, 0.1) is 5.56 Å². The molecule has 0 fully saturated rings. The highest BCUT2D eigenvalue weighted by Crippen LogP contribution is 2.28. The quantitative estimate of drug-likeness (QED) is 0.320. The number of hydrogen-bond donors (Lipinski definition) is 0. The number of hydrogen-bond acceptors (Lipinski definition) is 3. The van der Waals surface area contributed by atoms with Crippen LogP contribution in [-0.2, 0) is 0 Å². The lowest BCUT2D eigenvalue weighted by Crippen LogP contribution is -2.01. The molecule has 3 nitrogen and oxygen atoms in total. The van der Waals surface area contributed by atoms with Gasteiger partial charge in [0.25, 0.3) is 0 Å². The Morgan fingerprint density at radius 3 is 1.53 bits per heavy atom. The van der Waals surface area contributed by atoms with Crippen LogP contribution in [0.1, 0.15) is 0 Å². The van der Waals surface area contributed by atoms with Crippen molar-refractivity contribution in [3.05, 3.63) is 115 Å². The van der Waals surface area contributed by atoms with Gasteiger partial charge in [-0.3, -0.25) is 0 Å². The van der Waals surface area contributed by atoms with Crippen molar-refractivity contribution in [2.75, 3.05) is 0 Å². The van der Waals surface area contributed by atoms with Crippen molar-refractivity contribution in [2.45, 2.75) is 0 Å². The maximum absolute atomic E-state index is 14.5. The predicted molar refractivity (Wildman–Crippen MR) is 121 cm³/mol. The third-order valence-electron chi connectivity index (χ3n) is 5.09. The van der Waals surface area contributed by atoms with Crippen molar-refractivity contribution in [1.29, 1.82) is 0 Å². The normalized spacial score (nSPS) is 10.8. The van der Waals surface area contributed by atoms with Gasteiger partial charge < -0.3 is 0 Å². The van der Waals surface area contributed by atoms with Gasteiger partial charge in [0.15, 0.2) is 17.5 Å². The van der Waals surface area contributed by atoms with Crippen LogP contribution in [0, 0.1) is 11.6 Å². The summed E-state index contributed by atoms with van der Waals surface area (Å²) in [4.78, 5) is 13.5. The Morgan fingerprint density at radius 1 is 0.438 bits per heavy atom. The van der Waals surface area contributed by atoms with Gasteiger partial charge in [0.2, 0.25) is 0 Å². The van der Waals surface area contributed by atoms with Crippen LogP contribution in [0.15, 0.2) is 103 Å². The number of nitrogens with zero attached hydrogens (tertiary/aromatic N) is 3. The molecule has 0 bridgehead atoms. The van der Waals surface area contributed by atoms with Crippen molar-refractivity contribution < 1.29 is 8.78 Å². The molecule has 0 spiro atoms. The Kier molecular flexibility index (Phi) is 5.22. The van der Waals surface area contributed by atoms with Crippen LogP contribution >= 0.6 is 0 Å². The first kappa shape index (κ1) is 19.7. The zero-order chi connectivity index (χ0) is 21.9. The first-order valence-electron chi connectivity index (χ1n) is 10.1. The fourth-order valence-corrected chi connectivity index (χ4v) is 3.45. The first-order chi connectivity index (χ1) is 15.7. The van der Waals surface area contributed by atoms with E-state index >= 15 is 0 Å². The van der Waals surface area contributed by atoms with Gasteiger partial charge >= 0.3 is 0 Å². The predicted octanol–water partition coefficient (Wildman–Crippen LogP) is 6.82. The Balaban J connectivity index is 1.64. The first-order valence-corrected chi connectivity index (χ1v) is 10.1. The molecule has 32 heavy (non-hydrogen) atoms. The van der Waals surface area contributed by atoms with E-state index in [1.165, 1.54) is 0 Å². The topological polar surface area (TPSA) is 38.7 Å². The Bertz CT molecular complexity index is 1370. The monoisotopic (exact) mass is 421 g/mol. The van der Waals surface area contributed by atoms with Crippen molar-refractivity contribution in [3.63, 3.8) is 0 Å². The number of benzene rings is 4. The Morgan fingerprint density at radius 2 is 0.906 bits per heavy atom. The summed E-state index contributed by atoms with van der Waals surface area (Å²) in [6, 6.07) is 30.4.